The van der Waals surface area contributed by atoms with Crippen LogP contribution in [0.25, 0.3) is 0 Å². The van der Waals surface area contributed by atoms with Crippen molar-refractivity contribution in [3.8, 4) is 0 Å². The van der Waals surface area contributed by atoms with Crippen molar-refractivity contribution in [3.05, 3.63) is 0 Å². The van der Waals surface area contributed by atoms with Crippen LogP contribution in [0.15, 0.2) is 5.16 Å². The topological polar surface area (TPSA) is 52.9 Å². The number of carbonyl (C=O) groups is 1. The average Bonchev–Trinajstić information content (AvgIpc) is 2.78. The number of Topliss-reactive ketones (excluding diaryl/α,β-unsaturated/α-hetero) is 1. The van der Waals surface area contributed by atoms with Gasteiger partial charge in [-0.3, -0.25) is 9.69 Å². The lowest BCUT2D eigenvalue weighted by Gasteiger charge is -2.20. The Morgan fingerprint density at radius 3 is 2.47 bits per heavy atom. The molecule has 1 N–H and O–H groups in total. The molecule has 0 unspecified atom stereocenters. The van der Waals surface area contributed by atoms with E-state index in [2.05, 4.69) is 10.1 Å². The molecule has 0 saturated carbocycles. The third-order valence-electron chi connectivity index (χ3n) is 3.65. The highest BCUT2D eigenvalue weighted by molar-refractivity contribution is 6.27. The van der Waals surface area contributed by atoms with Crippen LogP contribution in [0.2, 0.25) is 0 Å². The van der Waals surface area contributed by atoms with Gasteiger partial charge in [0.05, 0.1) is 0 Å². The minimum absolute atomic E-state index is 0.0796. The van der Waals surface area contributed by atoms with Crippen molar-refractivity contribution in [1.82, 2.24) is 4.90 Å². The Kier molecular flexibility index (Phi) is 3.36. The second kappa shape index (κ2) is 4.75. The summed E-state index contributed by atoms with van der Waals surface area (Å²) in [5.41, 5.74) is 0. The molecule has 0 atom stereocenters. The van der Waals surface area contributed by atoms with Gasteiger partial charge in [0, 0.05) is 18.5 Å². The van der Waals surface area contributed by atoms with Crippen LogP contribution in [0.3, 0.4) is 0 Å². The van der Waals surface area contributed by atoms with E-state index in [9.17, 15) is 4.79 Å². The van der Waals surface area contributed by atoms with Crippen LogP contribution in [0.4, 0.5) is 0 Å². The minimum Gasteiger partial charge on any atom is -0.411 e. The van der Waals surface area contributed by atoms with Crippen molar-refractivity contribution < 1.29 is 10.0 Å². The Labute approximate surface area is 89.9 Å². The second-order valence-corrected chi connectivity index (χ2v) is 4.51. The maximum atomic E-state index is 11.1. The van der Waals surface area contributed by atoms with E-state index in [1.807, 2.05) is 0 Å². The third kappa shape index (κ3) is 2.37. The molecule has 0 aromatic rings. The zero-order chi connectivity index (χ0) is 10.7. The molecule has 2 bridgehead atoms. The number of carbonyl (C=O) groups excluding carboxylic acids is 1. The van der Waals surface area contributed by atoms with Crippen LogP contribution in [0, 0.1) is 0 Å². The first-order valence-electron chi connectivity index (χ1n) is 5.77. The van der Waals surface area contributed by atoms with Gasteiger partial charge in [0.1, 0.15) is 6.21 Å². The number of hydrogen-bond acceptors (Lipinski definition) is 4. The van der Waals surface area contributed by atoms with Crippen LogP contribution in [-0.4, -0.2) is 40.7 Å². The number of rotatable bonds is 5. The molecule has 0 aliphatic carbocycles. The highest BCUT2D eigenvalue weighted by Gasteiger charge is 2.38. The summed E-state index contributed by atoms with van der Waals surface area (Å²) in [6, 6.07) is 1.58. The van der Waals surface area contributed by atoms with Gasteiger partial charge in [-0.15, -0.1) is 0 Å². The summed E-state index contributed by atoms with van der Waals surface area (Å²) in [6.07, 6.45) is 7.76. The van der Waals surface area contributed by atoms with Crippen molar-refractivity contribution in [1.29, 1.82) is 0 Å². The molecule has 2 heterocycles. The van der Waals surface area contributed by atoms with Gasteiger partial charge in [-0.25, -0.2) is 0 Å². The maximum absolute atomic E-state index is 11.1. The molecule has 2 rings (SSSR count). The van der Waals surface area contributed by atoms with E-state index in [0.29, 0.717) is 6.42 Å². The lowest BCUT2D eigenvalue weighted by molar-refractivity contribution is -0.112. The average molecular weight is 210 g/mol. The van der Waals surface area contributed by atoms with Gasteiger partial charge in [0.2, 0.25) is 0 Å². The Bertz CT molecular complexity index is 245. The molecular formula is C11H18N2O2. The fourth-order valence-electron chi connectivity index (χ4n) is 2.95. The van der Waals surface area contributed by atoms with Crippen LogP contribution in [-0.2, 0) is 4.79 Å². The summed E-state index contributed by atoms with van der Waals surface area (Å²) in [5.74, 6) is -0.0796. The zero-order valence-corrected chi connectivity index (χ0v) is 8.93. The summed E-state index contributed by atoms with van der Waals surface area (Å²) < 4.78 is 0. The molecule has 0 spiro atoms. The molecule has 2 fully saturated rings. The first kappa shape index (κ1) is 10.6. The van der Waals surface area contributed by atoms with E-state index >= 15 is 0 Å². The van der Waals surface area contributed by atoms with E-state index in [1.54, 1.807) is 0 Å². The number of oxime groups is 1. The summed E-state index contributed by atoms with van der Waals surface area (Å²) in [5, 5.41) is 10.9. The van der Waals surface area contributed by atoms with Crippen LogP contribution in [0.1, 0.15) is 38.5 Å². The number of hydrogen-bond donors (Lipinski definition) is 1. The zero-order valence-electron chi connectivity index (χ0n) is 8.93. The number of fused-ring (bicyclic) bond motifs is 2. The van der Waals surface area contributed by atoms with Crippen LogP contribution >= 0.6 is 0 Å². The predicted octanol–water partition coefficient (Wildman–Crippen LogP) is 1.42. The molecule has 0 amide bonds. The van der Waals surface area contributed by atoms with Crippen LogP contribution < -0.4 is 0 Å². The molecule has 2 aliphatic heterocycles. The third-order valence-corrected chi connectivity index (χ3v) is 3.65. The smallest absolute Gasteiger partial charge is 0.177 e. The van der Waals surface area contributed by atoms with Crippen molar-refractivity contribution in [2.24, 2.45) is 5.16 Å². The molecule has 0 aromatic heterocycles. The van der Waals surface area contributed by atoms with Gasteiger partial charge in [0.15, 0.2) is 5.78 Å². The monoisotopic (exact) mass is 210 g/mol. The Morgan fingerprint density at radius 2 is 1.93 bits per heavy atom. The molecule has 4 heteroatoms. The molecular weight excluding hydrogens is 192 g/mol. The van der Waals surface area contributed by atoms with Crippen molar-refractivity contribution >= 4 is 12.0 Å². The fraction of sp³-hybridized carbons (Fsp3) is 0.818. The first-order valence-corrected chi connectivity index (χ1v) is 5.77. The number of nitrogens with zero attached hydrogens (tertiary/aromatic N) is 2. The predicted molar refractivity (Wildman–Crippen MR) is 57.3 cm³/mol. The molecule has 2 saturated heterocycles. The Balaban J connectivity index is 1.68. The number of ketones is 1. The fourth-order valence-corrected chi connectivity index (χ4v) is 2.95. The highest BCUT2D eigenvalue weighted by atomic mass is 16.4. The summed E-state index contributed by atoms with van der Waals surface area (Å²) in [6.45, 7) is 1.03. The van der Waals surface area contributed by atoms with Gasteiger partial charge >= 0.3 is 0 Å². The van der Waals surface area contributed by atoms with Crippen molar-refractivity contribution in [2.75, 3.05) is 6.54 Å². The molecule has 15 heavy (non-hydrogen) atoms. The van der Waals surface area contributed by atoms with E-state index in [-0.39, 0.29) is 5.78 Å². The summed E-state index contributed by atoms with van der Waals surface area (Å²) in [7, 11) is 0. The highest BCUT2D eigenvalue weighted by Crippen LogP contribution is 2.37. The summed E-state index contributed by atoms with van der Waals surface area (Å²) in [4.78, 5) is 13.6. The molecule has 4 nitrogen and oxygen atoms in total. The SMILES string of the molecule is O=C(/C=N/O)CCCN1C2CCC1CC2. The van der Waals surface area contributed by atoms with Crippen LogP contribution in [0.5, 0.6) is 0 Å². The van der Waals surface area contributed by atoms with Gasteiger partial charge in [-0.05, 0) is 38.6 Å². The molecule has 0 aromatic carbocycles. The van der Waals surface area contributed by atoms with Crippen molar-refractivity contribution in [3.63, 3.8) is 0 Å². The van der Waals surface area contributed by atoms with Gasteiger partial charge < -0.3 is 5.21 Å². The molecule has 84 valence electrons. The molecule has 2 aliphatic rings. The van der Waals surface area contributed by atoms with E-state index in [1.165, 1.54) is 25.7 Å². The van der Waals surface area contributed by atoms with E-state index in [4.69, 9.17) is 5.21 Å². The van der Waals surface area contributed by atoms with E-state index in [0.717, 1.165) is 31.3 Å². The first-order chi connectivity index (χ1) is 7.31. The Hall–Kier alpha value is -0.900. The second-order valence-electron chi connectivity index (χ2n) is 4.51. The van der Waals surface area contributed by atoms with Gasteiger partial charge in [-0.2, -0.15) is 0 Å². The largest absolute Gasteiger partial charge is 0.411 e. The lowest BCUT2D eigenvalue weighted by Crippen LogP contribution is -2.29. The normalized spacial score (nSPS) is 30.4. The maximum Gasteiger partial charge on any atom is 0.177 e. The Morgan fingerprint density at radius 1 is 1.33 bits per heavy atom. The lowest BCUT2D eigenvalue weighted by atomic mass is 10.0. The summed E-state index contributed by atoms with van der Waals surface area (Å²) >= 11 is 0. The quantitative estimate of drug-likeness (QED) is 0.424. The van der Waals surface area contributed by atoms with Gasteiger partial charge in [0.25, 0.3) is 0 Å². The standard InChI is InChI=1S/C11H18N2O2/c14-11(8-12-15)2-1-7-13-9-3-4-10(13)6-5-9/h8-10,15H,1-7H2/b12-8+. The minimum atomic E-state index is -0.0796. The van der Waals surface area contributed by atoms with E-state index < -0.39 is 0 Å². The van der Waals surface area contributed by atoms with Gasteiger partial charge in [-0.1, -0.05) is 5.16 Å². The molecule has 0 radical (unpaired) electrons. The van der Waals surface area contributed by atoms with Crippen molar-refractivity contribution in [2.45, 2.75) is 50.6 Å².